The van der Waals surface area contributed by atoms with Gasteiger partial charge in [0.05, 0.1) is 11.2 Å². The Labute approximate surface area is 163 Å². The average Bonchev–Trinajstić information content (AvgIpc) is 2.59. The number of likely N-dealkylation sites (tertiary alicyclic amines) is 1. The summed E-state index contributed by atoms with van der Waals surface area (Å²) >= 11 is 0. The third-order valence-corrected chi connectivity index (χ3v) is 5.43. The molecule has 2 aliphatic rings. The molecule has 2 heterocycles. The van der Waals surface area contributed by atoms with Crippen molar-refractivity contribution in [2.45, 2.75) is 85.5 Å². The Morgan fingerprint density at radius 2 is 1.63 bits per heavy atom. The van der Waals surface area contributed by atoms with E-state index >= 15 is 0 Å². The maximum Gasteiger partial charge on any atom is 0.524 e. The van der Waals surface area contributed by atoms with Crippen molar-refractivity contribution in [1.29, 1.82) is 0 Å². The van der Waals surface area contributed by atoms with Crippen LogP contribution in [0.15, 0.2) is 11.8 Å². The Bertz CT molecular complexity index is 588. The zero-order valence-corrected chi connectivity index (χ0v) is 18.3. The van der Waals surface area contributed by atoms with E-state index in [-0.39, 0.29) is 17.2 Å². The molecule has 0 aromatic carbocycles. The van der Waals surface area contributed by atoms with Crippen molar-refractivity contribution in [1.82, 2.24) is 4.90 Å². The molecule has 0 bridgehead atoms. The Balaban J connectivity index is 1.89. The van der Waals surface area contributed by atoms with Gasteiger partial charge in [-0.25, -0.2) is 9.18 Å². The van der Waals surface area contributed by atoms with E-state index in [9.17, 15) is 9.18 Å². The molecule has 27 heavy (non-hydrogen) atoms. The summed E-state index contributed by atoms with van der Waals surface area (Å²) in [5.74, 6) is 0.329. The van der Waals surface area contributed by atoms with Crippen LogP contribution in [0.25, 0.3) is 0 Å². The third-order valence-electron chi connectivity index (χ3n) is 5.43. The highest BCUT2D eigenvalue weighted by molar-refractivity contribution is 6.53. The molecular formula is C20H35BFNO4. The monoisotopic (exact) mass is 383 g/mol. The van der Waals surface area contributed by atoms with E-state index in [0.29, 0.717) is 19.0 Å². The number of carbonyl (C=O) groups is 1. The minimum Gasteiger partial charge on any atom is -0.444 e. The molecule has 1 amide bonds. The average molecular weight is 383 g/mol. The summed E-state index contributed by atoms with van der Waals surface area (Å²) in [6, 6.07) is 0. The highest BCUT2D eigenvalue weighted by atomic mass is 19.1. The van der Waals surface area contributed by atoms with Crippen LogP contribution in [0, 0.1) is 11.3 Å². The number of hydrogen-bond donors (Lipinski definition) is 0. The second kappa shape index (κ2) is 7.07. The van der Waals surface area contributed by atoms with Crippen molar-refractivity contribution < 1.29 is 23.2 Å². The topological polar surface area (TPSA) is 48.0 Å². The molecule has 0 aliphatic carbocycles. The number of allylic oxidation sites excluding steroid dienone is 1. The van der Waals surface area contributed by atoms with Gasteiger partial charge in [0.2, 0.25) is 0 Å². The lowest BCUT2D eigenvalue weighted by Crippen LogP contribution is -2.52. The van der Waals surface area contributed by atoms with Crippen molar-refractivity contribution in [3.63, 3.8) is 0 Å². The van der Waals surface area contributed by atoms with E-state index in [2.05, 4.69) is 0 Å². The van der Waals surface area contributed by atoms with Crippen LogP contribution in [0.4, 0.5) is 9.18 Å². The van der Waals surface area contributed by atoms with Gasteiger partial charge >= 0.3 is 13.2 Å². The van der Waals surface area contributed by atoms with E-state index in [0.717, 1.165) is 6.42 Å². The third kappa shape index (κ3) is 5.47. The smallest absolute Gasteiger partial charge is 0.444 e. The zero-order chi connectivity index (χ0) is 20.8. The number of ether oxygens (including phenoxy) is 1. The largest absolute Gasteiger partial charge is 0.524 e. The van der Waals surface area contributed by atoms with Crippen LogP contribution < -0.4 is 0 Å². The van der Waals surface area contributed by atoms with Gasteiger partial charge in [-0.05, 0) is 66.2 Å². The molecule has 0 atom stereocenters. The number of amides is 1. The zero-order valence-electron chi connectivity index (χ0n) is 18.3. The van der Waals surface area contributed by atoms with Gasteiger partial charge in [0.25, 0.3) is 0 Å². The van der Waals surface area contributed by atoms with Gasteiger partial charge in [-0.15, -0.1) is 0 Å². The van der Waals surface area contributed by atoms with Crippen LogP contribution in [0.1, 0.15) is 68.7 Å². The van der Waals surface area contributed by atoms with Crippen LogP contribution in [0.5, 0.6) is 0 Å². The van der Waals surface area contributed by atoms with Crippen LogP contribution in [-0.4, -0.2) is 48.0 Å². The maximum atomic E-state index is 14.8. The second-order valence-electron chi connectivity index (χ2n) is 10.6. The SMILES string of the molecule is CC(C)(C=C(F)B1OC(C)(C)C(C)(C)O1)CC1CN(C(=O)OC(C)(C)C)C1. The summed E-state index contributed by atoms with van der Waals surface area (Å²) in [4.78, 5) is 13.7. The highest BCUT2D eigenvalue weighted by Gasteiger charge is 2.53. The molecule has 154 valence electrons. The van der Waals surface area contributed by atoms with Gasteiger partial charge in [0.1, 0.15) is 11.3 Å². The van der Waals surface area contributed by atoms with Gasteiger partial charge < -0.3 is 18.9 Å². The van der Waals surface area contributed by atoms with E-state index < -0.39 is 23.9 Å². The first kappa shape index (κ1) is 22.2. The highest BCUT2D eigenvalue weighted by Crippen LogP contribution is 2.40. The number of carbonyl (C=O) groups excluding carboxylic acids is 1. The number of hydrogen-bond acceptors (Lipinski definition) is 4. The molecule has 0 radical (unpaired) electrons. The van der Waals surface area contributed by atoms with Crippen molar-refractivity contribution in [2.24, 2.45) is 11.3 Å². The van der Waals surface area contributed by atoms with Gasteiger partial charge in [-0.2, -0.15) is 0 Å². The Morgan fingerprint density at radius 3 is 2.07 bits per heavy atom. The van der Waals surface area contributed by atoms with Crippen LogP contribution in [0.3, 0.4) is 0 Å². The Morgan fingerprint density at radius 1 is 1.15 bits per heavy atom. The maximum absolute atomic E-state index is 14.8. The summed E-state index contributed by atoms with van der Waals surface area (Å²) in [6.07, 6.45) is 2.10. The molecule has 2 fully saturated rings. The Hall–Kier alpha value is -1.08. The molecule has 0 unspecified atom stereocenters. The molecule has 0 N–H and O–H groups in total. The molecule has 5 nitrogen and oxygen atoms in total. The molecule has 0 saturated carbocycles. The Kier molecular flexibility index (Phi) is 5.82. The first-order chi connectivity index (χ1) is 12.0. The van der Waals surface area contributed by atoms with Crippen LogP contribution >= 0.6 is 0 Å². The second-order valence-corrected chi connectivity index (χ2v) is 10.6. The number of nitrogens with zero attached hydrogens (tertiary/aromatic N) is 1. The molecule has 7 heteroatoms. The lowest BCUT2D eigenvalue weighted by Gasteiger charge is -2.42. The first-order valence-corrected chi connectivity index (χ1v) is 9.73. The summed E-state index contributed by atoms with van der Waals surface area (Å²) in [5, 5.41) is 0. The fourth-order valence-corrected chi connectivity index (χ4v) is 3.37. The molecule has 2 saturated heterocycles. The van der Waals surface area contributed by atoms with E-state index in [1.54, 1.807) is 11.0 Å². The standard InChI is InChI=1S/C20H35BFNO4/c1-17(2,3)25-16(24)23-12-14(13-23)10-18(4,5)11-15(22)21-26-19(6,7)20(8,9)27-21/h11,14H,10,12-13H2,1-9H3. The molecule has 0 aromatic heterocycles. The summed E-state index contributed by atoms with van der Waals surface area (Å²) in [7, 11) is -0.964. The van der Waals surface area contributed by atoms with Crippen molar-refractivity contribution >= 4 is 13.2 Å². The van der Waals surface area contributed by atoms with Crippen LogP contribution in [-0.2, 0) is 14.0 Å². The molecular weight excluding hydrogens is 348 g/mol. The normalized spacial score (nSPS) is 23.4. The molecule has 0 spiro atoms. The first-order valence-electron chi connectivity index (χ1n) is 9.73. The predicted octanol–water partition coefficient (Wildman–Crippen LogP) is 4.75. The lowest BCUT2D eigenvalue weighted by atomic mass is 9.76. The van der Waals surface area contributed by atoms with E-state index in [4.69, 9.17) is 14.0 Å². The fourth-order valence-electron chi connectivity index (χ4n) is 3.37. The minimum atomic E-state index is -0.964. The van der Waals surface area contributed by atoms with E-state index in [1.165, 1.54) is 0 Å². The van der Waals surface area contributed by atoms with Gasteiger partial charge in [0.15, 0.2) is 0 Å². The summed E-state index contributed by atoms with van der Waals surface area (Å²) in [6.45, 7) is 18.5. The van der Waals surface area contributed by atoms with Crippen molar-refractivity contribution in [2.75, 3.05) is 13.1 Å². The predicted molar refractivity (Wildman–Crippen MR) is 105 cm³/mol. The van der Waals surface area contributed by atoms with Crippen molar-refractivity contribution in [3.8, 4) is 0 Å². The number of halogens is 1. The fraction of sp³-hybridized carbons (Fsp3) is 0.850. The number of rotatable bonds is 4. The minimum absolute atomic E-state index is 0.282. The van der Waals surface area contributed by atoms with Gasteiger partial charge in [-0.1, -0.05) is 19.9 Å². The van der Waals surface area contributed by atoms with Crippen molar-refractivity contribution in [3.05, 3.63) is 11.8 Å². The summed E-state index contributed by atoms with van der Waals surface area (Å²) < 4.78 is 31.7. The quantitative estimate of drug-likeness (QED) is 0.657. The van der Waals surface area contributed by atoms with E-state index in [1.807, 2.05) is 62.3 Å². The lowest BCUT2D eigenvalue weighted by molar-refractivity contribution is -0.00588. The molecule has 2 aliphatic heterocycles. The van der Waals surface area contributed by atoms with Crippen LogP contribution in [0.2, 0.25) is 0 Å². The summed E-state index contributed by atoms with van der Waals surface area (Å²) in [5.41, 5.74) is -2.36. The van der Waals surface area contributed by atoms with Gasteiger partial charge in [0, 0.05) is 13.1 Å². The molecule has 2 rings (SSSR count). The van der Waals surface area contributed by atoms with Gasteiger partial charge in [-0.3, -0.25) is 0 Å². The molecule has 0 aromatic rings.